The summed E-state index contributed by atoms with van der Waals surface area (Å²) in [7, 11) is 0. The lowest BCUT2D eigenvalue weighted by Crippen LogP contribution is -2.07. The van der Waals surface area contributed by atoms with Gasteiger partial charge in [-0.25, -0.2) is 4.39 Å². The summed E-state index contributed by atoms with van der Waals surface area (Å²) in [6.07, 6.45) is 2.77. The first-order valence-corrected chi connectivity index (χ1v) is 5.95. The molecule has 2 aromatic rings. The van der Waals surface area contributed by atoms with Gasteiger partial charge in [0.2, 0.25) is 5.91 Å². The monoisotopic (exact) mass is 255 g/mol. The largest absolute Gasteiger partial charge is 0.323 e. The van der Waals surface area contributed by atoms with Crippen molar-refractivity contribution in [2.75, 3.05) is 5.32 Å². The standard InChI is InChI=1S/C16H14FNO/c1-12-6-9-14(10-7-12)18-16(19)11-8-13-4-2-3-5-15(13)17/h2-11H,1H3,(H,18,19)/b11-8+. The van der Waals surface area contributed by atoms with E-state index in [9.17, 15) is 9.18 Å². The molecule has 0 spiro atoms. The van der Waals surface area contributed by atoms with Crippen molar-refractivity contribution >= 4 is 17.7 Å². The van der Waals surface area contributed by atoms with Gasteiger partial charge in [0.15, 0.2) is 0 Å². The number of carbonyl (C=O) groups excluding carboxylic acids is 1. The molecule has 0 aliphatic rings. The second-order valence-corrected chi connectivity index (χ2v) is 4.21. The fraction of sp³-hybridized carbons (Fsp3) is 0.0625. The van der Waals surface area contributed by atoms with E-state index in [-0.39, 0.29) is 11.7 Å². The minimum Gasteiger partial charge on any atom is -0.323 e. The zero-order valence-electron chi connectivity index (χ0n) is 10.6. The fourth-order valence-electron chi connectivity index (χ4n) is 1.60. The minimum absolute atomic E-state index is 0.285. The van der Waals surface area contributed by atoms with Crippen LogP contribution in [-0.2, 0) is 4.79 Å². The highest BCUT2D eigenvalue weighted by molar-refractivity contribution is 6.01. The molecular weight excluding hydrogens is 241 g/mol. The third kappa shape index (κ3) is 3.78. The maximum absolute atomic E-state index is 13.3. The zero-order chi connectivity index (χ0) is 13.7. The Hall–Kier alpha value is -2.42. The minimum atomic E-state index is -0.345. The summed E-state index contributed by atoms with van der Waals surface area (Å²) < 4.78 is 13.3. The molecule has 0 bridgehead atoms. The van der Waals surface area contributed by atoms with Crippen LogP contribution in [0.3, 0.4) is 0 Å². The number of benzene rings is 2. The summed E-state index contributed by atoms with van der Waals surface area (Å²) in [5, 5.41) is 2.71. The second-order valence-electron chi connectivity index (χ2n) is 4.21. The van der Waals surface area contributed by atoms with Crippen molar-refractivity contribution in [2.45, 2.75) is 6.92 Å². The first-order chi connectivity index (χ1) is 9.15. The van der Waals surface area contributed by atoms with E-state index >= 15 is 0 Å². The molecular formula is C16H14FNO. The SMILES string of the molecule is Cc1ccc(NC(=O)/C=C/c2ccccc2F)cc1. The number of amides is 1. The van der Waals surface area contributed by atoms with Crippen LogP contribution >= 0.6 is 0 Å². The van der Waals surface area contributed by atoms with Gasteiger partial charge >= 0.3 is 0 Å². The molecule has 0 aromatic heterocycles. The van der Waals surface area contributed by atoms with E-state index in [2.05, 4.69) is 5.32 Å². The van der Waals surface area contributed by atoms with Gasteiger partial charge in [-0.2, -0.15) is 0 Å². The van der Waals surface area contributed by atoms with Gasteiger partial charge in [-0.15, -0.1) is 0 Å². The summed E-state index contributed by atoms with van der Waals surface area (Å²) in [6.45, 7) is 1.98. The highest BCUT2D eigenvalue weighted by Crippen LogP contribution is 2.10. The van der Waals surface area contributed by atoms with E-state index < -0.39 is 0 Å². The Morgan fingerprint density at radius 2 is 1.79 bits per heavy atom. The topological polar surface area (TPSA) is 29.1 Å². The molecule has 1 amide bonds. The lowest BCUT2D eigenvalue weighted by molar-refractivity contribution is -0.111. The number of hydrogen-bond donors (Lipinski definition) is 1. The summed E-state index contributed by atoms with van der Waals surface area (Å²) in [5.74, 6) is -0.631. The number of anilines is 1. The molecule has 0 aliphatic heterocycles. The van der Waals surface area contributed by atoms with Crippen molar-refractivity contribution in [1.82, 2.24) is 0 Å². The Morgan fingerprint density at radius 1 is 1.11 bits per heavy atom. The summed E-state index contributed by atoms with van der Waals surface area (Å²) in [4.78, 5) is 11.7. The van der Waals surface area contributed by atoms with E-state index in [1.165, 1.54) is 18.2 Å². The maximum atomic E-state index is 13.3. The van der Waals surface area contributed by atoms with Gasteiger partial charge in [0.1, 0.15) is 5.82 Å². The van der Waals surface area contributed by atoms with E-state index in [1.807, 2.05) is 31.2 Å². The quantitative estimate of drug-likeness (QED) is 0.831. The van der Waals surface area contributed by atoms with Crippen LogP contribution in [0.5, 0.6) is 0 Å². The number of aryl methyl sites for hydroxylation is 1. The van der Waals surface area contributed by atoms with E-state index in [0.717, 1.165) is 5.56 Å². The molecule has 2 rings (SSSR count). The van der Waals surface area contributed by atoms with Crippen molar-refractivity contribution in [2.24, 2.45) is 0 Å². The van der Waals surface area contributed by atoms with E-state index in [1.54, 1.807) is 18.2 Å². The molecule has 2 nitrogen and oxygen atoms in total. The average Bonchev–Trinajstić information content (AvgIpc) is 2.40. The van der Waals surface area contributed by atoms with Crippen LogP contribution in [0.25, 0.3) is 6.08 Å². The van der Waals surface area contributed by atoms with Crippen LogP contribution in [0.2, 0.25) is 0 Å². The van der Waals surface area contributed by atoms with Crippen molar-refractivity contribution < 1.29 is 9.18 Å². The Balaban J connectivity index is 2.02. The van der Waals surface area contributed by atoms with Gasteiger partial charge in [-0.1, -0.05) is 35.9 Å². The van der Waals surface area contributed by atoms with Crippen LogP contribution in [0.15, 0.2) is 54.6 Å². The Kier molecular flexibility index (Phi) is 4.08. The number of hydrogen-bond acceptors (Lipinski definition) is 1. The molecule has 96 valence electrons. The molecule has 0 aliphatic carbocycles. The third-order valence-electron chi connectivity index (χ3n) is 2.64. The highest BCUT2D eigenvalue weighted by Gasteiger charge is 1.99. The van der Waals surface area contributed by atoms with Gasteiger partial charge in [-0.3, -0.25) is 4.79 Å². The van der Waals surface area contributed by atoms with E-state index in [4.69, 9.17) is 0 Å². The van der Waals surface area contributed by atoms with Crippen LogP contribution in [-0.4, -0.2) is 5.91 Å². The molecule has 0 radical (unpaired) electrons. The van der Waals surface area contributed by atoms with Crippen molar-refractivity contribution in [3.05, 3.63) is 71.6 Å². The van der Waals surface area contributed by atoms with Gasteiger partial charge in [0.05, 0.1) is 0 Å². The first-order valence-electron chi connectivity index (χ1n) is 5.95. The fourth-order valence-corrected chi connectivity index (χ4v) is 1.60. The summed E-state index contributed by atoms with van der Waals surface area (Å²) in [5.41, 5.74) is 2.23. The zero-order valence-corrected chi connectivity index (χ0v) is 10.6. The predicted octanol–water partition coefficient (Wildman–Crippen LogP) is 3.79. The number of rotatable bonds is 3. The third-order valence-corrected chi connectivity index (χ3v) is 2.64. The second kappa shape index (κ2) is 5.96. The van der Waals surface area contributed by atoms with Crippen LogP contribution in [0.1, 0.15) is 11.1 Å². The molecule has 0 saturated heterocycles. The van der Waals surface area contributed by atoms with Crippen molar-refractivity contribution in [1.29, 1.82) is 0 Å². The Labute approximate surface area is 111 Å². The predicted molar refractivity (Wildman–Crippen MR) is 75.2 cm³/mol. The lowest BCUT2D eigenvalue weighted by atomic mass is 10.2. The Morgan fingerprint density at radius 3 is 2.47 bits per heavy atom. The smallest absolute Gasteiger partial charge is 0.248 e. The highest BCUT2D eigenvalue weighted by atomic mass is 19.1. The molecule has 2 aromatic carbocycles. The van der Waals surface area contributed by atoms with Gasteiger partial charge in [-0.05, 0) is 31.2 Å². The molecule has 0 unspecified atom stereocenters. The average molecular weight is 255 g/mol. The van der Waals surface area contributed by atoms with Crippen LogP contribution in [0, 0.1) is 12.7 Å². The van der Waals surface area contributed by atoms with Crippen LogP contribution < -0.4 is 5.32 Å². The van der Waals surface area contributed by atoms with Crippen molar-refractivity contribution in [3.63, 3.8) is 0 Å². The lowest BCUT2D eigenvalue weighted by Gasteiger charge is -2.02. The van der Waals surface area contributed by atoms with Gasteiger partial charge in [0, 0.05) is 17.3 Å². The number of carbonyl (C=O) groups is 1. The van der Waals surface area contributed by atoms with Crippen molar-refractivity contribution in [3.8, 4) is 0 Å². The van der Waals surface area contributed by atoms with Crippen LogP contribution in [0.4, 0.5) is 10.1 Å². The first kappa shape index (κ1) is 13.0. The molecule has 0 heterocycles. The number of halogens is 1. The number of nitrogens with one attached hydrogen (secondary N) is 1. The molecule has 3 heteroatoms. The summed E-state index contributed by atoms with van der Waals surface area (Å²) >= 11 is 0. The maximum Gasteiger partial charge on any atom is 0.248 e. The molecule has 0 atom stereocenters. The van der Waals surface area contributed by atoms with Gasteiger partial charge < -0.3 is 5.32 Å². The Bertz CT molecular complexity index is 602. The molecule has 19 heavy (non-hydrogen) atoms. The molecule has 1 N–H and O–H groups in total. The summed E-state index contributed by atoms with van der Waals surface area (Å²) in [6, 6.07) is 13.8. The molecule has 0 saturated carbocycles. The van der Waals surface area contributed by atoms with Gasteiger partial charge in [0.25, 0.3) is 0 Å². The van der Waals surface area contributed by atoms with E-state index in [0.29, 0.717) is 11.3 Å². The normalized spacial score (nSPS) is 10.6. The molecule has 0 fully saturated rings.